The van der Waals surface area contributed by atoms with E-state index in [0.717, 1.165) is 18.7 Å². The number of benzene rings is 1. The molecule has 130 valence electrons. The number of hydrogen-bond donors (Lipinski definition) is 3. The summed E-state index contributed by atoms with van der Waals surface area (Å²) in [4.78, 5) is 26.6. The zero-order valence-corrected chi connectivity index (χ0v) is 14.2. The Balaban J connectivity index is 1.85. The van der Waals surface area contributed by atoms with Crippen molar-refractivity contribution in [2.24, 2.45) is 0 Å². The topological polar surface area (TPSA) is 73.5 Å². The highest BCUT2D eigenvalue weighted by Crippen LogP contribution is 2.25. The van der Waals surface area contributed by atoms with Gasteiger partial charge in [0.25, 0.3) is 11.8 Å². The third-order valence-corrected chi connectivity index (χ3v) is 4.30. The number of nitrogens with zero attached hydrogens (tertiary/aromatic N) is 1. The molecule has 0 unspecified atom stereocenters. The molecule has 1 aromatic rings. The molecular formula is C19H22N4O2. The van der Waals surface area contributed by atoms with Gasteiger partial charge in [-0.2, -0.15) is 0 Å². The Hall–Kier alpha value is -2.86. The normalized spacial score (nSPS) is 17.3. The molecule has 0 aliphatic carbocycles. The smallest absolute Gasteiger partial charge is 0.253 e. The van der Waals surface area contributed by atoms with Gasteiger partial charge in [0.1, 0.15) is 0 Å². The van der Waals surface area contributed by atoms with Gasteiger partial charge in [-0.3, -0.25) is 9.59 Å². The summed E-state index contributed by atoms with van der Waals surface area (Å²) in [6, 6.07) is 10.00. The Kier molecular flexibility index (Phi) is 5.00. The minimum Gasteiger partial charge on any atom is -0.355 e. The lowest BCUT2D eigenvalue weighted by Crippen LogP contribution is -2.57. The van der Waals surface area contributed by atoms with Crippen molar-refractivity contribution >= 4 is 11.8 Å². The fraction of sp³-hybridized carbons (Fsp3) is 0.263. The standard InChI is InChI=1S/C19H22N4O2/c1-13-17(19(25)20-2)8-15(18(24)22-16-9-21-10-16)12-23(13)11-14-6-4-3-5-7-14/h3-8,12,16,21H,1,9-11H2,2H3,(H,20,25)(H,22,24). The highest BCUT2D eigenvalue weighted by molar-refractivity contribution is 6.03. The largest absolute Gasteiger partial charge is 0.355 e. The average Bonchev–Trinajstić information content (AvgIpc) is 2.60. The monoisotopic (exact) mass is 338 g/mol. The van der Waals surface area contributed by atoms with Crippen LogP contribution in [0.4, 0.5) is 0 Å². The molecule has 2 aliphatic rings. The van der Waals surface area contributed by atoms with Crippen LogP contribution in [-0.2, 0) is 16.1 Å². The van der Waals surface area contributed by atoms with Crippen LogP contribution in [-0.4, -0.2) is 42.9 Å². The number of likely N-dealkylation sites (N-methyl/N-ethyl adjacent to an activating group) is 1. The van der Waals surface area contributed by atoms with Crippen molar-refractivity contribution in [3.05, 3.63) is 71.6 Å². The van der Waals surface area contributed by atoms with E-state index in [4.69, 9.17) is 0 Å². The predicted octanol–water partition coefficient (Wildman–Crippen LogP) is 0.660. The first-order valence-electron chi connectivity index (χ1n) is 8.25. The summed E-state index contributed by atoms with van der Waals surface area (Å²) in [6.07, 6.45) is 3.35. The SMILES string of the molecule is C=C1C(C(=O)NC)=CC(C(=O)NC2CNC2)=CN1Cc1ccccc1. The van der Waals surface area contributed by atoms with Gasteiger partial charge >= 0.3 is 0 Å². The number of nitrogens with one attached hydrogen (secondary N) is 3. The van der Waals surface area contributed by atoms with E-state index in [-0.39, 0.29) is 17.9 Å². The van der Waals surface area contributed by atoms with Gasteiger partial charge in [-0.25, -0.2) is 0 Å². The van der Waals surface area contributed by atoms with Crippen LogP contribution in [0.2, 0.25) is 0 Å². The molecule has 1 saturated heterocycles. The molecule has 1 aromatic carbocycles. The molecule has 0 radical (unpaired) electrons. The molecule has 6 nitrogen and oxygen atoms in total. The number of amides is 2. The van der Waals surface area contributed by atoms with Crippen LogP contribution >= 0.6 is 0 Å². The zero-order valence-electron chi connectivity index (χ0n) is 14.2. The van der Waals surface area contributed by atoms with E-state index in [1.54, 1.807) is 19.3 Å². The molecule has 0 spiro atoms. The first kappa shape index (κ1) is 17.0. The maximum atomic E-state index is 12.5. The minimum atomic E-state index is -0.258. The fourth-order valence-corrected chi connectivity index (χ4v) is 2.71. The van der Waals surface area contributed by atoms with Crippen molar-refractivity contribution in [1.29, 1.82) is 0 Å². The molecule has 3 N–H and O–H groups in total. The van der Waals surface area contributed by atoms with E-state index < -0.39 is 0 Å². The molecule has 0 aromatic heterocycles. The first-order chi connectivity index (χ1) is 12.1. The molecular weight excluding hydrogens is 316 g/mol. The van der Waals surface area contributed by atoms with Crippen LogP contribution in [0.15, 0.2) is 66.0 Å². The second-order valence-electron chi connectivity index (χ2n) is 6.11. The summed E-state index contributed by atoms with van der Waals surface area (Å²) in [5.41, 5.74) is 2.50. The highest BCUT2D eigenvalue weighted by Gasteiger charge is 2.26. The van der Waals surface area contributed by atoms with Crippen molar-refractivity contribution in [2.45, 2.75) is 12.6 Å². The van der Waals surface area contributed by atoms with Gasteiger partial charge in [-0.05, 0) is 11.6 Å². The zero-order chi connectivity index (χ0) is 17.8. The number of carbonyl (C=O) groups excluding carboxylic acids is 2. The Labute approximate surface area is 147 Å². The maximum Gasteiger partial charge on any atom is 0.253 e. The van der Waals surface area contributed by atoms with E-state index in [9.17, 15) is 9.59 Å². The van der Waals surface area contributed by atoms with Crippen LogP contribution < -0.4 is 16.0 Å². The molecule has 1 fully saturated rings. The lowest BCUT2D eigenvalue weighted by atomic mass is 10.0. The molecule has 2 amide bonds. The van der Waals surface area contributed by atoms with Crippen LogP contribution in [0.3, 0.4) is 0 Å². The molecule has 6 heteroatoms. The number of hydrogen-bond acceptors (Lipinski definition) is 4. The van der Waals surface area contributed by atoms with E-state index in [2.05, 4.69) is 22.5 Å². The van der Waals surface area contributed by atoms with Crippen LogP contribution in [0.1, 0.15) is 5.56 Å². The van der Waals surface area contributed by atoms with Crippen molar-refractivity contribution in [3.63, 3.8) is 0 Å². The predicted molar refractivity (Wildman–Crippen MR) is 96.2 cm³/mol. The van der Waals surface area contributed by atoms with Gasteiger partial charge in [0, 0.05) is 38.6 Å². The average molecular weight is 338 g/mol. The van der Waals surface area contributed by atoms with Gasteiger partial charge < -0.3 is 20.9 Å². The van der Waals surface area contributed by atoms with E-state index in [1.165, 1.54) is 0 Å². The second kappa shape index (κ2) is 7.36. The summed E-state index contributed by atoms with van der Waals surface area (Å²) in [5.74, 6) is -0.440. The summed E-state index contributed by atoms with van der Waals surface area (Å²) in [7, 11) is 1.57. The first-order valence-corrected chi connectivity index (χ1v) is 8.25. The van der Waals surface area contributed by atoms with Crippen LogP contribution in [0, 0.1) is 0 Å². The van der Waals surface area contributed by atoms with Crippen molar-refractivity contribution in [3.8, 4) is 0 Å². The van der Waals surface area contributed by atoms with E-state index >= 15 is 0 Å². The highest BCUT2D eigenvalue weighted by atomic mass is 16.2. The van der Waals surface area contributed by atoms with Crippen LogP contribution in [0.25, 0.3) is 0 Å². The molecule has 25 heavy (non-hydrogen) atoms. The van der Waals surface area contributed by atoms with Gasteiger partial charge in [-0.15, -0.1) is 0 Å². The second-order valence-corrected chi connectivity index (χ2v) is 6.11. The molecule has 0 saturated carbocycles. The van der Waals surface area contributed by atoms with Gasteiger partial charge in [0.05, 0.1) is 17.2 Å². The lowest BCUT2D eigenvalue weighted by Gasteiger charge is -2.31. The summed E-state index contributed by atoms with van der Waals surface area (Å²) >= 11 is 0. The maximum absolute atomic E-state index is 12.5. The molecule has 2 aliphatic heterocycles. The van der Waals surface area contributed by atoms with Crippen molar-refractivity contribution in [1.82, 2.24) is 20.9 Å². The molecule has 0 atom stereocenters. The molecule has 0 bridgehead atoms. The Morgan fingerprint density at radius 1 is 1.24 bits per heavy atom. The Morgan fingerprint density at radius 3 is 2.56 bits per heavy atom. The van der Waals surface area contributed by atoms with Crippen LogP contribution in [0.5, 0.6) is 0 Å². The summed E-state index contributed by atoms with van der Waals surface area (Å²) in [5, 5.41) is 8.68. The number of carbonyl (C=O) groups is 2. The van der Waals surface area contributed by atoms with E-state index in [0.29, 0.717) is 23.4 Å². The minimum absolute atomic E-state index is 0.137. The Bertz CT molecular complexity index is 748. The van der Waals surface area contributed by atoms with Crippen molar-refractivity contribution in [2.75, 3.05) is 20.1 Å². The fourth-order valence-electron chi connectivity index (χ4n) is 2.71. The summed E-state index contributed by atoms with van der Waals surface area (Å²) < 4.78 is 0. The molecule has 2 heterocycles. The third-order valence-electron chi connectivity index (χ3n) is 4.30. The Morgan fingerprint density at radius 2 is 1.96 bits per heavy atom. The lowest BCUT2D eigenvalue weighted by molar-refractivity contribution is -0.118. The number of rotatable bonds is 5. The van der Waals surface area contributed by atoms with E-state index in [1.807, 2.05) is 35.2 Å². The molecule has 3 rings (SSSR count). The van der Waals surface area contributed by atoms with Crippen molar-refractivity contribution < 1.29 is 9.59 Å². The quantitative estimate of drug-likeness (QED) is 0.737. The third kappa shape index (κ3) is 3.80. The van der Waals surface area contributed by atoms with Gasteiger partial charge in [-0.1, -0.05) is 36.9 Å². The van der Waals surface area contributed by atoms with Gasteiger partial charge in [0.2, 0.25) is 0 Å². The van der Waals surface area contributed by atoms with Gasteiger partial charge in [0.15, 0.2) is 0 Å². The summed E-state index contributed by atoms with van der Waals surface area (Å²) in [6.45, 7) is 6.11.